The maximum Gasteiger partial charge on any atom is 0.315 e. The molecule has 3 rings (SSSR count). The molecular weight excluding hydrogens is 340 g/mol. The number of phenolic OH excluding ortho intramolecular Hbond substituents is 1. The normalized spacial score (nSPS) is 11.3. The minimum atomic E-state index is -0.636. The Morgan fingerprint density at radius 3 is 2.48 bits per heavy atom. The van der Waals surface area contributed by atoms with Crippen molar-refractivity contribution in [3.8, 4) is 5.75 Å². The maximum atomic E-state index is 11.2. The van der Waals surface area contributed by atoms with Gasteiger partial charge in [0.05, 0.1) is 15.6 Å². The van der Waals surface area contributed by atoms with Crippen LogP contribution in [-0.4, -0.2) is 16.2 Å². The summed E-state index contributed by atoms with van der Waals surface area (Å²) in [6.07, 6.45) is 1.41. The van der Waals surface area contributed by atoms with Gasteiger partial charge in [0, 0.05) is 17.3 Å². The highest BCUT2D eigenvalue weighted by atomic mass is 35.5. The summed E-state index contributed by atoms with van der Waals surface area (Å²) in [5.41, 5.74) is 1.32. The molecule has 1 N–H and O–H groups in total. The average Bonchev–Trinajstić information content (AvgIpc) is 2.59. The standard InChI is InChI=1S/C19H15ClN2O3/c1-11-16(19(23)18(22(24)25)12(2)17(11)20)10-21-15-8-7-13-5-3-4-6-14(13)9-15/h3-10,23H,1-2H3. The Labute approximate surface area is 149 Å². The van der Waals surface area contributed by atoms with Gasteiger partial charge in [-0.3, -0.25) is 15.1 Å². The van der Waals surface area contributed by atoms with Crippen molar-refractivity contribution in [1.82, 2.24) is 0 Å². The zero-order valence-electron chi connectivity index (χ0n) is 13.7. The highest BCUT2D eigenvalue weighted by molar-refractivity contribution is 6.33. The molecular formula is C19H15ClN2O3. The lowest BCUT2D eigenvalue weighted by Crippen LogP contribution is -1.99. The maximum absolute atomic E-state index is 11.2. The van der Waals surface area contributed by atoms with Crippen LogP contribution in [0.1, 0.15) is 16.7 Å². The first-order valence-electron chi connectivity index (χ1n) is 7.59. The number of nitro groups is 1. The van der Waals surface area contributed by atoms with Crippen LogP contribution in [0.3, 0.4) is 0 Å². The van der Waals surface area contributed by atoms with Crippen LogP contribution in [0.15, 0.2) is 47.5 Å². The molecule has 0 aliphatic heterocycles. The monoisotopic (exact) mass is 354 g/mol. The van der Waals surface area contributed by atoms with Crippen molar-refractivity contribution >= 4 is 40.0 Å². The molecule has 0 radical (unpaired) electrons. The summed E-state index contributed by atoms with van der Waals surface area (Å²) in [4.78, 5) is 14.9. The van der Waals surface area contributed by atoms with E-state index in [1.54, 1.807) is 6.92 Å². The van der Waals surface area contributed by atoms with Gasteiger partial charge >= 0.3 is 5.69 Å². The lowest BCUT2D eigenvalue weighted by molar-refractivity contribution is -0.386. The van der Waals surface area contributed by atoms with Crippen LogP contribution in [0.2, 0.25) is 5.02 Å². The molecule has 0 fully saturated rings. The van der Waals surface area contributed by atoms with E-state index in [9.17, 15) is 15.2 Å². The van der Waals surface area contributed by atoms with Crippen molar-refractivity contribution < 1.29 is 10.0 Å². The van der Waals surface area contributed by atoms with Gasteiger partial charge in [0.2, 0.25) is 5.75 Å². The first kappa shape index (κ1) is 16.9. The third kappa shape index (κ3) is 3.06. The molecule has 0 atom stereocenters. The van der Waals surface area contributed by atoms with Crippen LogP contribution in [0.5, 0.6) is 5.75 Å². The van der Waals surface area contributed by atoms with Crippen molar-refractivity contribution in [3.63, 3.8) is 0 Å². The van der Waals surface area contributed by atoms with Crippen LogP contribution in [0.25, 0.3) is 10.8 Å². The van der Waals surface area contributed by atoms with Gasteiger partial charge in [0.15, 0.2) is 0 Å². The van der Waals surface area contributed by atoms with Gasteiger partial charge in [-0.25, -0.2) is 0 Å². The summed E-state index contributed by atoms with van der Waals surface area (Å²) in [6, 6.07) is 13.6. The Hall–Kier alpha value is -2.92. The van der Waals surface area contributed by atoms with E-state index in [1.165, 1.54) is 13.1 Å². The molecule has 0 aliphatic carbocycles. The zero-order valence-corrected chi connectivity index (χ0v) is 14.4. The van der Waals surface area contributed by atoms with Gasteiger partial charge in [0.25, 0.3) is 0 Å². The van der Waals surface area contributed by atoms with E-state index in [0.717, 1.165) is 10.8 Å². The summed E-state index contributed by atoms with van der Waals surface area (Å²) in [6.45, 7) is 3.21. The number of hydrogen-bond acceptors (Lipinski definition) is 4. The molecule has 0 aliphatic rings. The highest BCUT2D eigenvalue weighted by Gasteiger charge is 2.25. The number of nitrogens with zero attached hydrogens (tertiary/aromatic N) is 2. The Kier molecular flexibility index (Phi) is 4.42. The summed E-state index contributed by atoms with van der Waals surface area (Å²) in [5.74, 6) is -0.422. The molecule has 6 heteroatoms. The molecule has 0 bridgehead atoms. The molecule has 25 heavy (non-hydrogen) atoms. The zero-order chi connectivity index (χ0) is 18.1. The summed E-state index contributed by atoms with van der Waals surface area (Å²) in [7, 11) is 0. The van der Waals surface area contributed by atoms with E-state index in [2.05, 4.69) is 4.99 Å². The molecule has 126 valence electrons. The number of phenols is 1. The second-order valence-electron chi connectivity index (χ2n) is 5.72. The number of benzene rings is 3. The van der Waals surface area contributed by atoms with Gasteiger partial charge in [-0.05, 0) is 42.3 Å². The molecule has 0 saturated carbocycles. The fraction of sp³-hybridized carbons (Fsp3) is 0.105. The number of halogens is 1. The molecule has 0 aromatic heterocycles. The van der Waals surface area contributed by atoms with Gasteiger partial charge in [-0.1, -0.05) is 41.9 Å². The van der Waals surface area contributed by atoms with Gasteiger partial charge in [-0.2, -0.15) is 0 Å². The van der Waals surface area contributed by atoms with E-state index in [1.807, 2.05) is 42.5 Å². The van der Waals surface area contributed by atoms with Crippen LogP contribution in [0.4, 0.5) is 11.4 Å². The third-order valence-corrected chi connectivity index (χ3v) is 4.72. The van der Waals surface area contributed by atoms with Crippen molar-refractivity contribution in [1.29, 1.82) is 0 Å². The van der Waals surface area contributed by atoms with Crippen molar-refractivity contribution in [2.24, 2.45) is 4.99 Å². The third-order valence-electron chi connectivity index (χ3n) is 4.16. The Morgan fingerprint density at radius 2 is 1.80 bits per heavy atom. The molecule has 0 spiro atoms. The van der Waals surface area contributed by atoms with E-state index < -0.39 is 16.4 Å². The Balaban J connectivity index is 2.10. The molecule has 0 amide bonds. The Bertz CT molecular complexity index is 1030. The topological polar surface area (TPSA) is 75.7 Å². The van der Waals surface area contributed by atoms with E-state index >= 15 is 0 Å². The van der Waals surface area contributed by atoms with Crippen molar-refractivity contribution in [3.05, 3.63) is 74.3 Å². The van der Waals surface area contributed by atoms with E-state index in [4.69, 9.17) is 11.6 Å². The number of hydrogen-bond donors (Lipinski definition) is 1. The molecule has 0 unspecified atom stereocenters. The number of nitro benzene ring substituents is 1. The predicted molar refractivity (Wildman–Crippen MR) is 100 cm³/mol. The summed E-state index contributed by atoms with van der Waals surface area (Å²) >= 11 is 6.19. The number of fused-ring (bicyclic) bond motifs is 1. The summed E-state index contributed by atoms with van der Waals surface area (Å²) in [5, 5.41) is 23.9. The molecule has 3 aromatic rings. The molecule has 5 nitrogen and oxygen atoms in total. The SMILES string of the molecule is Cc1c(Cl)c(C)c([N+](=O)[O-])c(O)c1C=Nc1ccc2ccccc2c1. The fourth-order valence-corrected chi connectivity index (χ4v) is 2.95. The average molecular weight is 355 g/mol. The van der Waals surface area contributed by atoms with Gasteiger partial charge in [0.1, 0.15) is 0 Å². The summed E-state index contributed by atoms with van der Waals surface area (Å²) < 4.78 is 0. The fourth-order valence-electron chi connectivity index (χ4n) is 2.76. The number of aliphatic imine (C=N–C) groups is 1. The van der Waals surface area contributed by atoms with Crippen LogP contribution >= 0.6 is 11.6 Å². The minimum Gasteiger partial charge on any atom is -0.502 e. The molecule has 0 heterocycles. The van der Waals surface area contributed by atoms with Crippen molar-refractivity contribution in [2.45, 2.75) is 13.8 Å². The van der Waals surface area contributed by atoms with Crippen LogP contribution in [0, 0.1) is 24.0 Å². The lowest BCUT2D eigenvalue weighted by atomic mass is 10.0. The van der Waals surface area contributed by atoms with Crippen LogP contribution in [-0.2, 0) is 0 Å². The number of rotatable bonds is 3. The predicted octanol–water partition coefficient (Wildman–Crippen LogP) is 5.47. The largest absolute Gasteiger partial charge is 0.502 e. The van der Waals surface area contributed by atoms with E-state index in [0.29, 0.717) is 11.3 Å². The van der Waals surface area contributed by atoms with Crippen molar-refractivity contribution in [2.75, 3.05) is 0 Å². The number of aromatic hydroxyl groups is 1. The van der Waals surface area contributed by atoms with Crippen LogP contribution < -0.4 is 0 Å². The second kappa shape index (κ2) is 6.53. The molecule has 3 aromatic carbocycles. The van der Waals surface area contributed by atoms with Gasteiger partial charge < -0.3 is 5.11 Å². The minimum absolute atomic E-state index is 0.240. The highest BCUT2D eigenvalue weighted by Crippen LogP contribution is 2.40. The smallest absolute Gasteiger partial charge is 0.315 e. The van der Waals surface area contributed by atoms with Gasteiger partial charge in [-0.15, -0.1) is 0 Å². The first-order valence-corrected chi connectivity index (χ1v) is 7.97. The van der Waals surface area contributed by atoms with E-state index in [-0.39, 0.29) is 16.1 Å². The first-order chi connectivity index (χ1) is 11.9. The molecule has 0 saturated heterocycles. The quantitative estimate of drug-likeness (QED) is 0.384. The second-order valence-corrected chi connectivity index (χ2v) is 6.10. The Morgan fingerprint density at radius 1 is 1.12 bits per heavy atom. The lowest BCUT2D eigenvalue weighted by Gasteiger charge is -2.10.